The molecule has 0 bridgehead atoms. The van der Waals surface area contributed by atoms with Crippen LogP contribution in [0.4, 0.5) is 13.2 Å². The fraction of sp³-hybridized carbons (Fsp3) is 0.0588. The second-order valence-electron chi connectivity index (χ2n) is 4.92. The lowest BCUT2D eigenvalue weighted by Gasteiger charge is -2.09. The summed E-state index contributed by atoms with van der Waals surface area (Å²) < 4.78 is 40.3. The zero-order valence-corrected chi connectivity index (χ0v) is 12.3. The number of aromatic amines is 1. The van der Waals surface area contributed by atoms with Gasteiger partial charge in [-0.1, -0.05) is 42.5 Å². The van der Waals surface area contributed by atoms with Crippen LogP contribution in [0.1, 0.15) is 11.3 Å². The molecule has 0 aliphatic carbocycles. The van der Waals surface area contributed by atoms with Gasteiger partial charge in [-0.25, -0.2) is 0 Å². The van der Waals surface area contributed by atoms with Gasteiger partial charge in [-0.05, 0) is 34.9 Å². The molecule has 0 radical (unpaired) electrons. The summed E-state index contributed by atoms with van der Waals surface area (Å²) in [6.45, 7) is 0. The quantitative estimate of drug-likeness (QED) is 0.763. The third kappa shape index (κ3) is 4.22. The Morgan fingerprint density at radius 3 is 2.04 bits per heavy atom. The standard InChI is InChI=1S/C17H12F3N3O/c18-17(19,20)24-16-9-6-14(7-10-16)13-4-1-12(2-5-13)3-8-15-11-21-23-22-15/h1-11H,(H,21,22,23). The average molecular weight is 331 g/mol. The molecule has 0 spiro atoms. The fourth-order valence-corrected chi connectivity index (χ4v) is 2.11. The maximum absolute atomic E-state index is 12.1. The highest BCUT2D eigenvalue weighted by atomic mass is 19.4. The van der Waals surface area contributed by atoms with Crippen molar-refractivity contribution >= 4 is 12.2 Å². The predicted octanol–water partition coefficient (Wildman–Crippen LogP) is 4.54. The molecule has 24 heavy (non-hydrogen) atoms. The number of ether oxygens (including phenoxy) is 1. The van der Waals surface area contributed by atoms with Crippen LogP contribution in [0.3, 0.4) is 0 Å². The zero-order valence-electron chi connectivity index (χ0n) is 12.3. The van der Waals surface area contributed by atoms with Gasteiger partial charge in [-0.3, -0.25) is 0 Å². The SMILES string of the molecule is FC(F)(F)Oc1ccc(-c2ccc(C=Cc3cn[nH]n3)cc2)cc1. The minimum absolute atomic E-state index is 0.238. The molecule has 2 aromatic carbocycles. The fourth-order valence-electron chi connectivity index (χ4n) is 2.11. The maximum Gasteiger partial charge on any atom is 0.573 e. The van der Waals surface area contributed by atoms with Gasteiger partial charge < -0.3 is 4.74 Å². The minimum atomic E-state index is -4.68. The van der Waals surface area contributed by atoms with Crippen molar-refractivity contribution in [3.63, 3.8) is 0 Å². The Morgan fingerprint density at radius 2 is 1.50 bits per heavy atom. The van der Waals surface area contributed by atoms with Crippen molar-refractivity contribution < 1.29 is 17.9 Å². The summed E-state index contributed by atoms with van der Waals surface area (Å²) >= 11 is 0. The smallest absolute Gasteiger partial charge is 0.406 e. The highest BCUT2D eigenvalue weighted by molar-refractivity contribution is 5.71. The van der Waals surface area contributed by atoms with Crippen molar-refractivity contribution in [2.75, 3.05) is 0 Å². The normalized spacial score (nSPS) is 11.8. The number of nitrogens with zero attached hydrogens (tertiary/aromatic N) is 2. The third-order valence-corrected chi connectivity index (χ3v) is 3.21. The van der Waals surface area contributed by atoms with Gasteiger partial charge in [0.2, 0.25) is 0 Å². The number of benzene rings is 2. The van der Waals surface area contributed by atoms with Crippen molar-refractivity contribution in [2.24, 2.45) is 0 Å². The van der Waals surface area contributed by atoms with E-state index in [0.717, 1.165) is 22.4 Å². The van der Waals surface area contributed by atoms with Crippen LogP contribution in [0, 0.1) is 0 Å². The Morgan fingerprint density at radius 1 is 0.875 bits per heavy atom. The van der Waals surface area contributed by atoms with E-state index >= 15 is 0 Å². The summed E-state index contributed by atoms with van der Waals surface area (Å²) in [5.41, 5.74) is 3.39. The summed E-state index contributed by atoms with van der Waals surface area (Å²) in [5, 5.41) is 10.1. The van der Waals surface area contributed by atoms with Crippen LogP contribution >= 0.6 is 0 Å². The van der Waals surface area contributed by atoms with Gasteiger partial charge >= 0.3 is 6.36 Å². The number of H-pyrrole nitrogens is 1. The summed E-state index contributed by atoms with van der Waals surface area (Å²) in [7, 11) is 0. The number of alkyl halides is 3. The second-order valence-corrected chi connectivity index (χ2v) is 4.92. The highest BCUT2D eigenvalue weighted by Crippen LogP contribution is 2.26. The summed E-state index contributed by atoms with van der Waals surface area (Å²) in [4.78, 5) is 0. The number of aromatic nitrogens is 3. The Hall–Kier alpha value is -3.09. The predicted molar refractivity (Wildman–Crippen MR) is 83.9 cm³/mol. The molecule has 0 unspecified atom stereocenters. The summed E-state index contributed by atoms with van der Waals surface area (Å²) in [5.74, 6) is -0.238. The minimum Gasteiger partial charge on any atom is -0.406 e. The average Bonchev–Trinajstić information content (AvgIpc) is 3.06. The van der Waals surface area contributed by atoms with E-state index in [4.69, 9.17) is 0 Å². The van der Waals surface area contributed by atoms with Crippen molar-refractivity contribution in [3.05, 3.63) is 66.0 Å². The van der Waals surface area contributed by atoms with Crippen LogP contribution in [-0.2, 0) is 0 Å². The lowest BCUT2D eigenvalue weighted by Crippen LogP contribution is -2.16. The lowest BCUT2D eigenvalue weighted by atomic mass is 10.0. The molecule has 7 heteroatoms. The van der Waals surface area contributed by atoms with E-state index in [-0.39, 0.29) is 5.75 Å². The van der Waals surface area contributed by atoms with E-state index in [1.807, 2.05) is 36.4 Å². The largest absolute Gasteiger partial charge is 0.573 e. The van der Waals surface area contributed by atoms with E-state index in [1.165, 1.54) is 12.1 Å². The highest BCUT2D eigenvalue weighted by Gasteiger charge is 2.30. The number of rotatable bonds is 4. The lowest BCUT2D eigenvalue weighted by molar-refractivity contribution is -0.274. The van der Waals surface area contributed by atoms with Crippen LogP contribution in [0.25, 0.3) is 23.3 Å². The van der Waals surface area contributed by atoms with Gasteiger partial charge in [0.1, 0.15) is 11.4 Å². The topological polar surface area (TPSA) is 50.8 Å². The summed E-state index contributed by atoms with van der Waals surface area (Å²) in [6.07, 6.45) is 0.637. The van der Waals surface area contributed by atoms with E-state index < -0.39 is 6.36 Å². The first-order valence-corrected chi connectivity index (χ1v) is 7.00. The Labute approximate surface area is 135 Å². The first-order chi connectivity index (χ1) is 11.5. The van der Waals surface area contributed by atoms with Gasteiger partial charge in [-0.2, -0.15) is 15.4 Å². The van der Waals surface area contributed by atoms with Gasteiger partial charge in [0, 0.05) is 0 Å². The molecule has 0 amide bonds. The zero-order chi connectivity index (χ0) is 17.0. The van der Waals surface area contributed by atoms with Gasteiger partial charge in [0.15, 0.2) is 0 Å². The molecule has 0 aliphatic rings. The van der Waals surface area contributed by atoms with E-state index in [2.05, 4.69) is 20.1 Å². The van der Waals surface area contributed by atoms with Crippen LogP contribution in [-0.4, -0.2) is 21.8 Å². The van der Waals surface area contributed by atoms with Crippen molar-refractivity contribution in [1.29, 1.82) is 0 Å². The van der Waals surface area contributed by atoms with Gasteiger partial charge in [0.05, 0.1) is 6.20 Å². The monoisotopic (exact) mass is 331 g/mol. The van der Waals surface area contributed by atoms with Crippen LogP contribution in [0.5, 0.6) is 5.75 Å². The van der Waals surface area contributed by atoms with E-state index in [0.29, 0.717) is 0 Å². The Bertz CT molecular complexity index is 808. The molecule has 0 saturated carbocycles. The second kappa shape index (κ2) is 6.57. The van der Waals surface area contributed by atoms with Crippen molar-refractivity contribution in [1.82, 2.24) is 15.4 Å². The van der Waals surface area contributed by atoms with Crippen molar-refractivity contribution in [3.8, 4) is 16.9 Å². The molecule has 1 N–H and O–H groups in total. The molecule has 4 nitrogen and oxygen atoms in total. The molecule has 0 fully saturated rings. The molecular weight excluding hydrogens is 319 g/mol. The van der Waals surface area contributed by atoms with Gasteiger partial charge in [0.25, 0.3) is 0 Å². The molecule has 3 rings (SSSR count). The Kier molecular flexibility index (Phi) is 4.33. The first-order valence-electron chi connectivity index (χ1n) is 7.00. The van der Waals surface area contributed by atoms with Crippen molar-refractivity contribution in [2.45, 2.75) is 6.36 Å². The number of nitrogens with one attached hydrogen (secondary N) is 1. The van der Waals surface area contributed by atoms with E-state index in [9.17, 15) is 13.2 Å². The molecule has 1 heterocycles. The number of hydrogen-bond acceptors (Lipinski definition) is 3. The Balaban J connectivity index is 1.71. The first kappa shape index (κ1) is 15.8. The van der Waals surface area contributed by atoms with Crippen LogP contribution in [0.2, 0.25) is 0 Å². The molecular formula is C17H12F3N3O. The van der Waals surface area contributed by atoms with Crippen LogP contribution in [0.15, 0.2) is 54.7 Å². The molecule has 1 aromatic heterocycles. The molecule has 0 saturated heterocycles. The summed E-state index contributed by atoms with van der Waals surface area (Å²) in [6, 6.07) is 13.4. The molecule has 0 aliphatic heterocycles. The molecule has 0 atom stereocenters. The molecule has 122 valence electrons. The van der Waals surface area contributed by atoms with E-state index in [1.54, 1.807) is 18.3 Å². The maximum atomic E-state index is 12.1. The van der Waals surface area contributed by atoms with Crippen LogP contribution < -0.4 is 4.74 Å². The third-order valence-electron chi connectivity index (χ3n) is 3.21. The van der Waals surface area contributed by atoms with Gasteiger partial charge in [-0.15, -0.1) is 13.2 Å². The number of halogens is 3. The number of hydrogen-bond donors (Lipinski definition) is 1. The molecule has 3 aromatic rings.